The molecule has 1 amide bonds. The third kappa shape index (κ3) is 4.79. The number of carbonyl (C=O) groups excluding carboxylic acids is 2. The van der Waals surface area contributed by atoms with Crippen molar-refractivity contribution in [2.75, 3.05) is 19.5 Å². The summed E-state index contributed by atoms with van der Waals surface area (Å²) in [6.45, 7) is 0. The Balaban J connectivity index is 1.59. The minimum Gasteiger partial charge on any atom is -0.496 e. The molecule has 0 saturated heterocycles. The zero-order chi connectivity index (χ0) is 25.9. The first kappa shape index (κ1) is 24.5. The number of carbonyl (C=O) groups is 2. The molecule has 5 aromatic rings. The van der Waals surface area contributed by atoms with Crippen LogP contribution in [0.25, 0.3) is 33.3 Å². The maximum absolute atomic E-state index is 13.7. The molecule has 8 heteroatoms. The Morgan fingerprint density at radius 3 is 2.41 bits per heavy atom. The van der Waals surface area contributed by atoms with Gasteiger partial charge in [-0.05, 0) is 42.0 Å². The smallest absolute Gasteiger partial charge is 0.341 e. The molecule has 0 spiro atoms. The number of amides is 1. The molecule has 0 aliphatic rings. The van der Waals surface area contributed by atoms with E-state index in [2.05, 4.69) is 5.32 Å². The molecule has 0 saturated carbocycles. The SMILES string of the molecule is COC(=O)c1c(-c2ccc(Cl)cc2)csc1NC(=O)c1cc(-c2ccccc2OC)nc2ccccc12. The van der Waals surface area contributed by atoms with Crippen LogP contribution in [0.1, 0.15) is 20.7 Å². The summed E-state index contributed by atoms with van der Waals surface area (Å²) >= 11 is 7.29. The number of nitrogens with one attached hydrogen (secondary N) is 1. The van der Waals surface area contributed by atoms with Crippen LogP contribution in [0.15, 0.2) is 84.2 Å². The van der Waals surface area contributed by atoms with Gasteiger partial charge < -0.3 is 14.8 Å². The molecule has 0 aliphatic heterocycles. The lowest BCUT2D eigenvalue weighted by atomic mass is 10.0. The van der Waals surface area contributed by atoms with Crippen molar-refractivity contribution in [2.45, 2.75) is 0 Å². The zero-order valence-electron chi connectivity index (χ0n) is 19.9. The standard InChI is InChI=1S/C29H21ClN2O4S/c1-35-25-10-6-4-8-20(25)24-15-21(19-7-3-5-9-23(19)31-24)27(33)32-28-26(29(34)36-2)22(16-37-28)17-11-13-18(30)14-12-17/h3-16H,1-2H3,(H,32,33). The molecule has 0 aliphatic carbocycles. The molecular formula is C29H21ClN2O4S. The van der Waals surface area contributed by atoms with Gasteiger partial charge in [-0.2, -0.15) is 0 Å². The van der Waals surface area contributed by atoms with Gasteiger partial charge in [0, 0.05) is 26.9 Å². The fourth-order valence-electron chi connectivity index (χ4n) is 4.12. The van der Waals surface area contributed by atoms with Crippen LogP contribution in [0.5, 0.6) is 5.75 Å². The average molecular weight is 529 g/mol. The molecule has 2 heterocycles. The van der Waals surface area contributed by atoms with E-state index < -0.39 is 5.97 Å². The maximum atomic E-state index is 13.7. The second-order valence-corrected chi connectivity index (χ2v) is 9.39. The monoisotopic (exact) mass is 528 g/mol. The first-order valence-corrected chi connectivity index (χ1v) is 12.6. The van der Waals surface area contributed by atoms with Gasteiger partial charge in [0.25, 0.3) is 5.91 Å². The number of rotatable bonds is 6. The van der Waals surface area contributed by atoms with Crippen LogP contribution in [0.4, 0.5) is 5.00 Å². The molecule has 0 bridgehead atoms. The van der Waals surface area contributed by atoms with Crippen molar-refractivity contribution in [3.05, 3.63) is 100 Å². The molecule has 0 unspecified atom stereocenters. The predicted molar refractivity (Wildman–Crippen MR) is 148 cm³/mol. The molecule has 0 radical (unpaired) electrons. The van der Waals surface area contributed by atoms with E-state index in [1.807, 2.05) is 66.0 Å². The van der Waals surface area contributed by atoms with E-state index in [4.69, 9.17) is 26.1 Å². The second-order valence-electron chi connectivity index (χ2n) is 8.08. The average Bonchev–Trinajstić information content (AvgIpc) is 3.35. The number of hydrogen-bond donors (Lipinski definition) is 1. The van der Waals surface area contributed by atoms with Crippen molar-refractivity contribution in [2.24, 2.45) is 0 Å². The highest BCUT2D eigenvalue weighted by atomic mass is 35.5. The van der Waals surface area contributed by atoms with Crippen LogP contribution in [0.3, 0.4) is 0 Å². The summed E-state index contributed by atoms with van der Waals surface area (Å²) in [5.41, 5.74) is 4.17. The maximum Gasteiger partial charge on any atom is 0.341 e. The van der Waals surface area contributed by atoms with Gasteiger partial charge in [0.15, 0.2) is 0 Å². The number of hydrogen-bond acceptors (Lipinski definition) is 6. The molecule has 3 aromatic carbocycles. The van der Waals surface area contributed by atoms with Gasteiger partial charge >= 0.3 is 5.97 Å². The molecule has 0 fully saturated rings. The van der Waals surface area contributed by atoms with Gasteiger partial charge in [-0.1, -0.05) is 54.1 Å². The summed E-state index contributed by atoms with van der Waals surface area (Å²) in [6.07, 6.45) is 0. The van der Waals surface area contributed by atoms with E-state index in [0.717, 1.165) is 11.1 Å². The third-order valence-electron chi connectivity index (χ3n) is 5.91. The first-order valence-electron chi connectivity index (χ1n) is 11.3. The molecule has 37 heavy (non-hydrogen) atoms. The number of aromatic nitrogens is 1. The lowest BCUT2D eigenvalue weighted by Crippen LogP contribution is -2.15. The van der Waals surface area contributed by atoms with E-state index in [-0.39, 0.29) is 11.5 Å². The van der Waals surface area contributed by atoms with Gasteiger partial charge in [0.05, 0.1) is 31.0 Å². The fraction of sp³-hybridized carbons (Fsp3) is 0.0690. The lowest BCUT2D eigenvalue weighted by molar-refractivity contribution is 0.0603. The lowest BCUT2D eigenvalue weighted by Gasteiger charge is -2.13. The van der Waals surface area contributed by atoms with Crippen molar-refractivity contribution in [3.63, 3.8) is 0 Å². The van der Waals surface area contributed by atoms with E-state index >= 15 is 0 Å². The van der Waals surface area contributed by atoms with Gasteiger partial charge in [0.1, 0.15) is 16.3 Å². The summed E-state index contributed by atoms with van der Waals surface area (Å²) in [5.74, 6) is -0.268. The summed E-state index contributed by atoms with van der Waals surface area (Å²) in [7, 11) is 2.91. The summed E-state index contributed by atoms with van der Waals surface area (Å²) in [4.78, 5) is 31.2. The molecule has 2 aromatic heterocycles. The zero-order valence-corrected chi connectivity index (χ0v) is 21.5. The van der Waals surface area contributed by atoms with E-state index in [0.29, 0.717) is 43.5 Å². The number of benzene rings is 3. The minimum atomic E-state index is -0.546. The number of anilines is 1. The highest BCUT2D eigenvalue weighted by molar-refractivity contribution is 7.15. The molecule has 0 atom stereocenters. The fourth-order valence-corrected chi connectivity index (χ4v) is 5.20. The van der Waals surface area contributed by atoms with Gasteiger partial charge in [-0.25, -0.2) is 9.78 Å². The Kier molecular flexibility index (Phi) is 6.90. The minimum absolute atomic E-state index is 0.284. The number of para-hydroxylation sites is 2. The largest absolute Gasteiger partial charge is 0.496 e. The number of halogens is 1. The number of pyridine rings is 1. The Labute approximate surface area is 222 Å². The molecule has 1 N–H and O–H groups in total. The van der Waals surface area contributed by atoms with Crippen LogP contribution in [-0.4, -0.2) is 31.1 Å². The van der Waals surface area contributed by atoms with Crippen LogP contribution in [0, 0.1) is 0 Å². The Morgan fingerprint density at radius 2 is 1.65 bits per heavy atom. The number of nitrogens with zero attached hydrogens (tertiary/aromatic N) is 1. The topological polar surface area (TPSA) is 77.5 Å². The number of methoxy groups -OCH3 is 2. The summed E-state index contributed by atoms with van der Waals surface area (Å²) in [6, 6.07) is 23.8. The third-order valence-corrected chi connectivity index (χ3v) is 7.05. The number of fused-ring (bicyclic) bond motifs is 1. The van der Waals surface area contributed by atoms with E-state index in [1.54, 1.807) is 25.3 Å². The van der Waals surface area contributed by atoms with E-state index in [1.165, 1.54) is 18.4 Å². The van der Waals surface area contributed by atoms with Crippen molar-refractivity contribution in [1.82, 2.24) is 4.98 Å². The predicted octanol–water partition coefficient (Wildman–Crippen LogP) is 7.33. The van der Waals surface area contributed by atoms with Gasteiger partial charge in [0.2, 0.25) is 0 Å². The van der Waals surface area contributed by atoms with E-state index in [9.17, 15) is 9.59 Å². The molecular weight excluding hydrogens is 508 g/mol. The van der Waals surface area contributed by atoms with Crippen LogP contribution < -0.4 is 10.1 Å². The van der Waals surface area contributed by atoms with Crippen molar-refractivity contribution in [3.8, 4) is 28.1 Å². The highest BCUT2D eigenvalue weighted by Gasteiger charge is 2.24. The Morgan fingerprint density at radius 1 is 0.919 bits per heavy atom. The Bertz CT molecular complexity index is 1630. The molecule has 5 rings (SSSR count). The Hall–Kier alpha value is -4.20. The van der Waals surface area contributed by atoms with Gasteiger partial charge in [-0.3, -0.25) is 4.79 Å². The molecule has 6 nitrogen and oxygen atoms in total. The quantitative estimate of drug-likeness (QED) is 0.233. The van der Waals surface area contributed by atoms with Crippen molar-refractivity contribution < 1.29 is 19.1 Å². The van der Waals surface area contributed by atoms with Crippen LogP contribution in [-0.2, 0) is 4.74 Å². The number of ether oxygens (including phenoxy) is 2. The van der Waals surface area contributed by atoms with Crippen molar-refractivity contribution >= 4 is 50.7 Å². The van der Waals surface area contributed by atoms with Crippen LogP contribution >= 0.6 is 22.9 Å². The van der Waals surface area contributed by atoms with Gasteiger partial charge in [-0.15, -0.1) is 11.3 Å². The van der Waals surface area contributed by atoms with Crippen LogP contribution in [0.2, 0.25) is 5.02 Å². The summed E-state index contributed by atoms with van der Waals surface area (Å²) in [5, 5.41) is 6.42. The normalized spacial score (nSPS) is 10.8. The first-order chi connectivity index (χ1) is 18.0. The number of thiophene rings is 1. The highest BCUT2D eigenvalue weighted by Crippen LogP contribution is 2.37. The molecule has 184 valence electrons. The van der Waals surface area contributed by atoms with Crippen molar-refractivity contribution in [1.29, 1.82) is 0 Å². The second kappa shape index (κ2) is 10.4. The number of esters is 1. The summed E-state index contributed by atoms with van der Waals surface area (Å²) < 4.78 is 10.6.